The molecule has 0 amide bonds. The molecule has 2 spiro atoms. The van der Waals surface area contributed by atoms with Crippen molar-refractivity contribution in [2.24, 2.45) is 10.8 Å². The van der Waals surface area contributed by atoms with Crippen molar-refractivity contribution in [3.8, 4) is 0 Å². The maximum absolute atomic E-state index is 12.4. The van der Waals surface area contributed by atoms with Crippen molar-refractivity contribution in [2.45, 2.75) is 70.6 Å². The molecular weight excluding hydrogens is 212 g/mol. The van der Waals surface area contributed by atoms with Crippen molar-refractivity contribution in [1.82, 2.24) is 0 Å². The SMILES string of the molecule is O=C1CCC[C@]2(C1)CC1(CCCCC1)CC2=O. The van der Waals surface area contributed by atoms with Crippen LogP contribution in [0, 0.1) is 10.8 Å². The molecule has 0 unspecified atom stereocenters. The molecule has 3 saturated carbocycles. The molecule has 3 aliphatic carbocycles. The van der Waals surface area contributed by atoms with Crippen molar-refractivity contribution in [2.75, 3.05) is 0 Å². The molecule has 0 aromatic heterocycles. The number of rotatable bonds is 0. The van der Waals surface area contributed by atoms with E-state index in [-0.39, 0.29) is 5.41 Å². The standard InChI is InChI=1S/C15H22O2/c16-12-5-4-8-15(9-12)11-14(10-13(15)17)6-2-1-3-7-14/h1-11H2/t15-/m0/s1. The number of Topliss-reactive ketones (excluding diaryl/α,β-unsaturated/α-hetero) is 2. The van der Waals surface area contributed by atoms with E-state index in [1.165, 1.54) is 32.1 Å². The summed E-state index contributed by atoms with van der Waals surface area (Å²) in [7, 11) is 0. The summed E-state index contributed by atoms with van der Waals surface area (Å²) in [5.74, 6) is 0.755. The highest BCUT2D eigenvalue weighted by Crippen LogP contribution is 2.58. The van der Waals surface area contributed by atoms with E-state index in [0.29, 0.717) is 29.8 Å². The van der Waals surface area contributed by atoms with E-state index in [2.05, 4.69) is 0 Å². The maximum Gasteiger partial charge on any atom is 0.140 e. The summed E-state index contributed by atoms with van der Waals surface area (Å²) >= 11 is 0. The first-order valence-corrected chi connectivity index (χ1v) is 7.19. The zero-order valence-corrected chi connectivity index (χ0v) is 10.6. The number of carbonyl (C=O) groups is 2. The molecule has 0 saturated heterocycles. The highest BCUT2D eigenvalue weighted by atomic mass is 16.1. The molecule has 0 bridgehead atoms. The predicted molar refractivity (Wildman–Crippen MR) is 65.7 cm³/mol. The van der Waals surface area contributed by atoms with Crippen LogP contribution in [0.4, 0.5) is 0 Å². The molecule has 3 fully saturated rings. The van der Waals surface area contributed by atoms with Crippen molar-refractivity contribution < 1.29 is 9.59 Å². The lowest BCUT2D eigenvalue weighted by Crippen LogP contribution is -2.33. The van der Waals surface area contributed by atoms with Gasteiger partial charge in [-0.15, -0.1) is 0 Å². The van der Waals surface area contributed by atoms with Crippen LogP contribution < -0.4 is 0 Å². The van der Waals surface area contributed by atoms with E-state index < -0.39 is 0 Å². The van der Waals surface area contributed by atoms with Crippen molar-refractivity contribution in [3.05, 3.63) is 0 Å². The Hall–Kier alpha value is -0.660. The average molecular weight is 234 g/mol. The summed E-state index contributed by atoms with van der Waals surface area (Å²) < 4.78 is 0. The second-order valence-corrected chi connectivity index (χ2v) is 6.69. The van der Waals surface area contributed by atoms with Gasteiger partial charge in [-0.3, -0.25) is 9.59 Å². The van der Waals surface area contributed by atoms with Gasteiger partial charge in [0.25, 0.3) is 0 Å². The molecule has 0 heterocycles. The van der Waals surface area contributed by atoms with Crippen molar-refractivity contribution in [3.63, 3.8) is 0 Å². The van der Waals surface area contributed by atoms with Crippen LogP contribution in [0.15, 0.2) is 0 Å². The fourth-order valence-electron chi connectivity index (χ4n) is 4.63. The second-order valence-electron chi connectivity index (χ2n) is 6.69. The van der Waals surface area contributed by atoms with Crippen molar-refractivity contribution >= 4 is 11.6 Å². The van der Waals surface area contributed by atoms with Crippen LogP contribution in [0.25, 0.3) is 0 Å². The normalized spacial score (nSPS) is 36.9. The molecule has 0 aromatic rings. The quantitative estimate of drug-likeness (QED) is 0.643. The highest BCUT2D eigenvalue weighted by Gasteiger charge is 2.55. The van der Waals surface area contributed by atoms with E-state index in [1.807, 2.05) is 0 Å². The number of hydrogen-bond donors (Lipinski definition) is 0. The third kappa shape index (κ3) is 1.86. The first kappa shape index (κ1) is 11.4. The number of ketones is 2. The molecule has 3 rings (SSSR count). The number of hydrogen-bond acceptors (Lipinski definition) is 2. The topological polar surface area (TPSA) is 34.1 Å². The third-order valence-electron chi connectivity index (χ3n) is 5.40. The van der Waals surface area contributed by atoms with Crippen LogP contribution in [0.5, 0.6) is 0 Å². The van der Waals surface area contributed by atoms with Gasteiger partial charge in [0, 0.05) is 24.7 Å². The Morgan fingerprint density at radius 3 is 2.29 bits per heavy atom. The Bertz CT molecular complexity index is 352. The Labute approximate surface area is 103 Å². The van der Waals surface area contributed by atoms with Gasteiger partial charge in [0.05, 0.1) is 0 Å². The minimum absolute atomic E-state index is 0.216. The molecule has 2 nitrogen and oxygen atoms in total. The van der Waals surface area contributed by atoms with E-state index in [9.17, 15) is 9.59 Å². The zero-order valence-electron chi connectivity index (χ0n) is 10.6. The van der Waals surface area contributed by atoms with Crippen LogP contribution in [-0.4, -0.2) is 11.6 Å². The Morgan fingerprint density at radius 1 is 0.824 bits per heavy atom. The fraction of sp³-hybridized carbons (Fsp3) is 0.867. The monoisotopic (exact) mass is 234 g/mol. The van der Waals surface area contributed by atoms with Crippen LogP contribution in [0.3, 0.4) is 0 Å². The molecule has 0 aliphatic heterocycles. The summed E-state index contributed by atoms with van der Waals surface area (Å²) in [5.41, 5.74) is 0.0830. The van der Waals surface area contributed by atoms with E-state index in [1.54, 1.807) is 0 Å². The number of carbonyl (C=O) groups excluding carboxylic acids is 2. The molecular formula is C15H22O2. The molecule has 0 N–H and O–H groups in total. The Balaban J connectivity index is 1.83. The van der Waals surface area contributed by atoms with Gasteiger partial charge in [-0.05, 0) is 37.5 Å². The van der Waals surface area contributed by atoms with Crippen LogP contribution in [0.1, 0.15) is 70.6 Å². The Kier molecular flexibility index (Phi) is 2.64. The first-order valence-electron chi connectivity index (χ1n) is 7.19. The average Bonchev–Trinajstić information content (AvgIpc) is 2.52. The largest absolute Gasteiger partial charge is 0.300 e. The van der Waals surface area contributed by atoms with E-state index >= 15 is 0 Å². The van der Waals surface area contributed by atoms with Gasteiger partial charge in [-0.25, -0.2) is 0 Å². The minimum Gasteiger partial charge on any atom is -0.300 e. The smallest absolute Gasteiger partial charge is 0.140 e. The molecule has 94 valence electrons. The van der Waals surface area contributed by atoms with Gasteiger partial charge in [0.15, 0.2) is 0 Å². The molecule has 17 heavy (non-hydrogen) atoms. The van der Waals surface area contributed by atoms with Gasteiger partial charge >= 0.3 is 0 Å². The zero-order chi connectivity index (χ0) is 11.9. The van der Waals surface area contributed by atoms with Gasteiger partial charge in [0.1, 0.15) is 11.6 Å². The molecule has 0 radical (unpaired) electrons. The van der Waals surface area contributed by atoms with Crippen molar-refractivity contribution in [1.29, 1.82) is 0 Å². The lowest BCUT2D eigenvalue weighted by atomic mass is 9.66. The highest BCUT2D eigenvalue weighted by molar-refractivity contribution is 5.94. The van der Waals surface area contributed by atoms with Gasteiger partial charge in [-0.1, -0.05) is 19.3 Å². The van der Waals surface area contributed by atoms with Crippen LogP contribution >= 0.6 is 0 Å². The lowest BCUT2D eigenvalue weighted by Gasteiger charge is -2.37. The van der Waals surface area contributed by atoms with Crippen LogP contribution in [-0.2, 0) is 9.59 Å². The summed E-state index contributed by atoms with van der Waals surface area (Å²) in [6.07, 6.45) is 11.4. The van der Waals surface area contributed by atoms with E-state index in [0.717, 1.165) is 25.7 Å². The lowest BCUT2D eigenvalue weighted by molar-refractivity contribution is -0.134. The van der Waals surface area contributed by atoms with Gasteiger partial charge in [0.2, 0.25) is 0 Å². The summed E-state index contributed by atoms with van der Waals surface area (Å²) in [6.45, 7) is 0. The summed E-state index contributed by atoms with van der Waals surface area (Å²) in [6, 6.07) is 0. The molecule has 1 atom stereocenters. The summed E-state index contributed by atoms with van der Waals surface area (Å²) in [4.78, 5) is 24.1. The first-order chi connectivity index (χ1) is 8.14. The molecule has 0 aromatic carbocycles. The van der Waals surface area contributed by atoms with E-state index in [4.69, 9.17) is 0 Å². The molecule has 2 heteroatoms. The fourth-order valence-corrected chi connectivity index (χ4v) is 4.63. The third-order valence-corrected chi connectivity index (χ3v) is 5.40. The summed E-state index contributed by atoms with van der Waals surface area (Å²) in [5, 5.41) is 0. The van der Waals surface area contributed by atoms with Crippen LogP contribution in [0.2, 0.25) is 0 Å². The Morgan fingerprint density at radius 2 is 1.59 bits per heavy atom. The second kappa shape index (κ2) is 3.93. The maximum atomic E-state index is 12.4. The predicted octanol–water partition coefficient (Wildman–Crippen LogP) is 3.43. The van der Waals surface area contributed by atoms with Gasteiger partial charge < -0.3 is 0 Å². The minimum atomic E-state index is -0.216. The van der Waals surface area contributed by atoms with Gasteiger partial charge in [-0.2, -0.15) is 0 Å². The molecule has 3 aliphatic rings.